The van der Waals surface area contributed by atoms with Gasteiger partial charge in [0.2, 0.25) is 0 Å². The topological polar surface area (TPSA) is 20.2 Å². The van der Waals surface area contributed by atoms with Crippen LogP contribution in [0.3, 0.4) is 0 Å². The first-order chi connectivity index (χ1) is 8.09. The van der Waals surface area contributed by atoms with Crippen molar-refractivity contribution >= 4 is 0 Å². The molecule has 1 aliphatic rings. The molecule has 0 amide bonds. The molecule has 0 aromatic heterocycles. The molecule has 0 radical (unpaired) electrons. The summed E-state index contributed by atoms with van der Waals surface area (Å²) in [6, 6.07) is 3.44. The summed E-state index contributed by atoms with van der Waals surface area (Å²) in [6.07, 6.45) is 6.29. The molecular formula is C15H19FO. The van der Waals surface area contributed by atoms with Gasteiger partial charge in [-0.3, -0.25) is 0 Å². The van der Waals surface area contributed by atoms with Crippen LogP contribution >= 0.6 is 0 Å². The Hall–Kier alpha value is -1.15. The Balaban J connectivity index is 2.30. The minimum absolute atomic E-state index is 0.149. The summed E-state index contributed by atoms with van der Waals surface area (Å²) in [4.78, 5) is 0. The SMILES string of the molecule is Cc1cc(C)c(C(O)C2CC=CCC2)c(F)c1. The van der Waals surface area contributed by atoms with Crippen LogP contribution in [0.2, 0.25) is 0 Å². The molecule has 1 N–H and O–H groups in total. The van der Waals surface area contributed by atoms with Gasteiger partial charge in [0.15, 0.2) is 0 Å². The molecule has 0 bridgehead atoms. The van der Waals surface area contributed by atoms with Gasteiger partial charge in [0, 0.05) is 5.56 Å². The van der Waals surface area contributed by atoms with Gasteiger partial charge >= 0.3 is 0 Å². The van der Waals surface area contributed by atoms with Gasteiger partial charge in [0.05, 0.1) is 6.10 Å². The first-order valence-electron chi connectivity index (χ1n) is 6.19. The number of aliphatic hydroxyl groups excluding tert-OH is 1. The van der Waals surface area contributed by atoms with E-state index in [9.17, 15) is 9.50 Å². The third-order valence-electron chi connectivity index (χ3n) is 3.53. The molecule has 1 aromatic carbocycles. The van der Waals surface area contributed by atoms with Gasteiger partial charge in [-0.25, -0.2) is 4.39 Å². The average Bonchev–Trinajstić information content (AvgIpc) is 2.28. The van der Waals surface area contributed by atoms with Gasteiger partial charge in [-0.05, 0) is 56.2 Å². The molecule has 0 aliphatic heterocycles. The molecule has 0 spiro atoms. The number of aryl methyl sites for hydroxylation is 2. The molecule has 1 aliphatic carbocycles. The van der Waals surface area contributed by atoms with Crippen molar-refractivity contribution in [1.29, 1.82) is 0 Å². The predicted octanol–water partition coefficient (Wildman–Crippen LogP) is 3.83. The molecule has 2 unspecified atom stereocenters. The van der Waals surface area contributed by atoms with Gasteiger partial charge in [-0.15, -0.1) is 0 Å². The normalized spacial score (nSPS) is 21.5. The first-order valence-corrected chi connectivity index (χ1v) is 6.19. The molecule has 1 aromatic rings. The van der Waals surface area contributed by atoms with E-state index in [0.717, 1.165) is 30.4 Å². The molecule has 0 heterocycles. The smallest absolute Gasteiger partial charge is 0.129 e. The van der Waals surface area contributed by atoms with Crippen molar-refractivity contribution in [2.45, 2.75) is 39.2 Å². The fourth-order valence-electron chi connectivity index (χ4n) is 2.64. The molecule has 17 heavy (non-hydrogen) atoms. The lowest BCUT2D eigenvalue weighted by molar-refractivity contribution is 0.0982. The molecule has 0 fully saturated rings. The van der Waals surface area contributed by atoms with E-state index < -0.39 is 6.10 Å². The van der Waals surface area contributed by atoms with E-state index in [1.54, 1.807) is 0 Å². The highest BCUT2D eigenvalue weighted by molar-refractivity contribution is 5.34. The third kappa shape index (κ3) is 2.58. The van der Waals surface area contributed by atoms with Crippen molar-refractivity contribution in [3.63, 3.8) is 0 Å². The van der Waals surface area contributed by atoms with E-state index in [-0.39, 0.29) is 11.7 Å². The lowest BCUT2D eigenvalue weighted by Gasteiger charge is -2.25. The Morgan fingerprint density at radius 2 is 2.06 bits per heavy atom. The maximum Gasteiger partial charge on any atom is 0.129 e. The highest BCUT2D eigenvalue weighted by Crippen LogP contribution is 2.34. The second-order valence-electron chi connectivity index (χ2n) is 4.97. The van der Waals surface area contributed by atoms with E-state index in [0.29, 0.717) is 5.56 Å². The number of rotatable bonds is 2. The van der Waals surface area contributed by atoms with Crippen LogP contribution in [0.5, 0.6) is 0 Å². The molecule has 2 heteroatoms. The molecule has 2 rings (SSSR count). The van der Waals surface area contributed by atoms with Crippen LogP contribution in [-0.2, 0) is 0 Å². The highest BCUT2D eigenvalue weighted by atomic mass is 19.1. The maximum absolute atomic E-state index is 13.9. The Kier molecular flexibility index (Phi) is 3.63. The zero-order valence-electron chi connectivity index (χ0n) is 10.4. The summed E-state index contributed by atoms with van der Waals surface area (Å²) in [7, 11) is 0. The molecule has 0 saturated carbocycles. The van der Waals surface area contributed by atoms with Crippen LogP contribution in [0.25, 0.3) is 0 Å². The highest BCUT2D eigenvalue weighted by Gasteiger charge is 2.25. The van der Waals surface area contributed by atoms with Crippen molar-refractivity contribution in [2.75, 3.05) is 0 Å². The Bertz CT molecular complexity index is 414. The van der Waals surface area contributed by atoms with Crippen molar-refractivity contribution in [1.82, 2.24) is 0 Å². The standard InChI is InChI=1S/C15H19FO/c1-10-8-11(2)14(13(16)9-10)15(17)12-6-4-3-5-7-12/h3-4,8-9,12,15,17H,5-7H2,1-2H3. The summed E-state index contributed by atoms with van der Waals surface area (Å²) >= 11 is 0. The minimum Gasteiger partial charge on any atom is -0.388 e. The Morgan fingerprint density at radius 3 is 2.65 bits per heavy atom. The van der Waals surface area contributed by atoms with Crippen LogP contribution in [0.4, 0.5) is 4.39 Å². The largest absolute Gasteiger partial charge is 0.388 e. The number of benzene rings is 1. The van der Waals surface area contributed by atoms with E-state index >= 15 is 0 Å². The van der Waals surface area contributed by atoms with Crippen LogP contribution in [0.1, 0.15) is 42.1 Å². The second-order valence-corrected chi connectivity index (χ2v) is 4.97. The number of hydrogen-bond acceptors (Lipinski definition) is 1. The molecule has 2 atom stereocenters. The fraction of sp³-hybridized carbons (Fsp3) is 0.467. The average molecular weight is 234 g/mol. The molecule has 0 saturated heterocycles. The zero-order valence-corrected chi connectivity index (χ0v) is 10.4. The zero-order chi connectivity index (χ0) is 12.4. The fourth-order valence-corrected chi connectivity index (χ4v) is 2.64. The minimum atomic E-state index is -0.680. The molecular weight excluding hydrogens is 215 g/mol. The number of halogens is 1. The van der Waals surface area contributed by atoms with E-state index in [2.05, 4.69) is 12.2 Å². The molecule has 92 valence electrons. The number of hydrogen-bond donors (Lipinski definition) is 1. The first kappa shape index (κ1) is 12.3. The monoisotopic (exact) mass is 234 g/mol. The third-order valence-corrected chi connectivity index (χ3v) is 3.53. The summed E-state index contributed by atoms with van der Waals surface area (Å²) in [5.74, 6) is -0.125. The van der Waals surface area contributed by atoms with Crippen molar-refractivity contribution < 1.29 is 9.50 Å². The maximum atomic E-state index is 13.9. The van der Waals surface area contributed by atoms with Gasteiger partial charge in [0.1, 0.15) is 5.82 Å². The summed E-state index contributed by atoms with van der Waals surface area (Å²) in [5, 5.41) is 10.3. The van der Waals surface area contributed by atoms with Crippen molar-refractivity contribution in [3.05, 3.63) is 46.8 Å². The summed E-state index contributed by atoms with van der Waals surface area (Å²) in [6.45, 7) is 3.74. The lowest BCUT2D eigenvalue weighted by Crippen LogP contribution is -2.16. The second kappa shape index (κ2) is 5.01. The Morgan fingerprint density at radius 1 is 1.29 bits per heavy atom. The van der Waals surface area contributed by atoms with Crippen LogP contribution < -0.4 is 0 Å². The number of allylic oxidation sites excluding steroid dienone is 2. The lowest BCUT2D eigenvalue weighted by atomic mass is 9.84. The quantitative estimate of drug-likeness (QED) is 0.771. The Labute approximate surface area is 102 Å². The summed E-state index contributed by atoms with van der Waals surface area (Å²) in [5.41, 5.74) is 2.24. The van der Waals surface area contributed by atoms with Crippen LogP contribution in [0.15, 0.2) is 24.3 Å². The van der Waals surface area contributed by atoms with Gasteiger partial charge in [-0.2, -0.15) is 0 Å². The van der Waals surface area contributed by atoms with E-state index in [1.165, 1.54) is 6.07 Å². The van der Waals surface area contributed by atoms with Crippen molar-refractivity contribution in [3.8, 4) is 0 Å². The van der Waals surface area contributed by atoms with Gasteiger partial charge < -0.3 is 5.11 Å². The molecule has 1 nitrogen and oxygen atoms in total. The van der Waals surface area contributed by atoms with Gasteiger partial charge in [-0.1, -0.05) is 18.2 Å². The van der Waals surface area contributed by atoms with Crippen molar-refractivity contribution in [2.24, 2.45) is 5.92 Å². The van der Waals surface area contributed by atoms with Crippen LogP contribution in [-0.4, -0.2) is 5.11 Å². The summed E-state index contributed by atoms with van der Waals surface area (Å²) < 4.78 is 13.9. The van der Waals surface area contributed by atoms with E-state index in [1.807, 2.05) is 19.9 Å². The van der Waals surface area contributed by atoms with Gasteiger partial charge in [0.25, 0.3) is 0 Å². The van der Waals surface area contributed by atoms with Crippen LogP contribution in [0, 0.1) is 25.6 Å². The van der Waals surface area contributed by atoms with E-state index in [4.69, 9.17) is 0 Å². The number of aliphatic hydroxyl groups is 1. The predicted molar refractivity (Wildman–Crippen MR) is 67.3 cm³/mol.